The molecule has 0 aliphatic rings. The molecule has 0 radical (unpaired) electrons. The van der Waals surface area contributed by atoms with E-state index in [9.17, 15) is 9.59 Å². The fraction of sp³-hybridized carbons (Fsp3) is 0.250. The Morgan fingerprint density at radius 1 is 1.48 bits per heavy atom. The maximum Gasteiger partial charge on any atom is 0.441 e. The number of aromatic amines is 1. The van der Waals surface area contributed by atoms with Gasteiger partial charge in [-0.3, -0.25) is 9.32 Å². The number of nitrogens with zero attached hydrogens (tertiary/aromatic N) is 1. The first-order valence-corrected chi connectivity index (χ1v) is 7.66. The third-order valence-corrected chi connectivity index (χ3v) is 4.20. The average Bonchev–Trinajstić information content (AvgIpc) is 2.74. The van der Waals surface area contributed by atoms with Crippen molar-refractivity contribution in [1.29, 1.82) is 0 Å². The number of H-pyrrole nitrogens is 1. The van der Waals surface area contributed by atoms with E-state index < -0.39 is 5.63 Å². The van der Waals surface area contributed by atoms with E-state index in [1.807, 2.05) is 0 Å². The van der Waals surface area contributed by atoms with Gasteiger partial charge in [0.1, 0.15) is 0 Å². The van der Waals surface area contributed by atoms with Crippen LogP contribution in [-0.2, 0) is 11.8 Å². The van der Waals surface area contributed by atoms with Gasteiger partial charge in [0.05, 0.1) is 10.7 Å². The van der Waals surface area contributed by atoms with Crippen LogP contribution < -0.4 is 15.6 Å². The first kappa shape index (κ1) is 15.9. The van der Waals surface area contributed by atoms with E-state index >= 15 is 0 Å². The highest BCUT2D eigenvalue weighted by molar-refractivity contribution is 7.99. The Hall–Kier alpha value is -1.44. The Kier molecular flexibility index (Phi) is 5.33. The van der Waals surface area contributed by atoms with Gasteiger partial charge in [-0.1, -0.05) is 27.9 Å². The number of thioether (sulfide) groups is 1. The van der Waals surface area contributed by atoms with Crippen molar-refractivity contribution in [2.75, 3.05) is 11.1 Å². The number of carbonyl (C=O) groups is 1. The van der Waals surface area contributed by atoms with Crippen molar-refractivity contribution in [2.45, 2.75) is 11.4 Å². The van der Waals surface area contributed by atoms with Crippen molar-refractivity contribution in [1.82, 2.24) is 5.27 Å². The van der Waals surface area contributed by atoms with Gasteiger partial charge < -0.3 is 5.32 Å². The third kappa shape index (κ3) is 4.26. The van der Waals surface area contributed by atoms with E-state index in [4.69, 9.17) is 23.2 Å². The van der Waals surface area contributed by atoms with Crippen LogP contribution in [0.1, 0.15) is 6.42 Å². The molecule has 1 amide bonds. The predicted octanol–water partition coefficient (Wildman–Crippen LogP) is 2.22. The molecule has 0 unspecified atom stereocenters. The SMILES string of the molecule is C[n+]1[nH]oc(=O)c1SCCC(=O)Nc1ccc(Cl)cc1Cl. The lowest BCUT2D eigenvalue weighted by Crippen LogP contribution is -2.33. The summed E-state index contributed by atoms with van der Waals surface area (Å²) in [6.45, 7) is 0. The van der Waals surface area contributed by atoms with Crippen LogP contribution >= 0.6 is 35.0 Å². The van der Waals surface area contributed by atoms with Crippen LogP contribution in [0, 0.1) is 0 Å². The quantitative estimate of drug-likeness (QED) is 0.641. The molecule has 2 rings (SSSR count). The van der Waals surface area contributed by atoms with E-state index in [0.29, 0.717) is 26.5 Å². The Bertz CT molecular complexity index is 714. The first-order chi connectivity index (χ1) is 9.97. The Balaban J connectivity index is 1.87. The standard InChI is InChI=1S/C12H11Cl2N3O3S/c1-17-11(12(19)20-16-17)21-5-4-10(18)15-9-3-2-7(13)6-8(9)14/h2-3,6H,4-5H2,1H3,(H-,15,16,18,19)/p+1. The summed E-state index contributed by atoms with van der Waals surface area (Å²) in [5.41, 5.74) is 0.0476. The monoisotopic (exact) mass is 348 g/mol. The van der Waals surface area contributed by atoms with E-state index in [1.165, 1.54) is 16.4 Å². The number of nitrogens with one attached hydrogen (secondary N) is 2. The summed E-state index contributed by atoms with van der Waals surface area (Å²) in [6.07, 6.45) is 0.230. The van der Waals surface area contributed by atoms with E-state index in [1.54, 1.807) is 25.2 Å². The molecule has 2 N–H and O–H groups in total. The molecule has 1 heterocycles. The molecule has 0 saturated carbocycles. The Labute approximate surface area is 134 Å². The fourth-order valence-electron chi connectivity index (χ4n) is 1.53. The molecule has 1 aromatic heterocycles. The lowest BCUT2D eigenvalue weighted by molar-refractivity contribution is -0.772. The van der Waals surface area contributed by atoms with Gasteiger partial charge in [-0.2, -0.15) is 0 Å². The maximum absolute atomic E-state index is 11.8. The zero-order valence-electron chi connectivity index (χ0n) is 11.0. The maximum atomic E-state index is 11.8. The minimum Gasteiger partial charge on any atom is -0.325 e. The zero-order valence-corrected chi connectivity index (χ0v) is 13.3. The van der Waals surface area contributed by atoms with E-state index in [2.05, 4.69) is 15.1 Å². The van der Waals surface area contributed by atoms with Gasteiger partial charge in [0, 0.05) is 17.2 Å². The highest BCUT2D eigenvalue weighted by Crippen LogP contribution is 2.25. The number of aryl methyl sites for hydroxylation is 1. The highest BCUT2D eigenvalue weighted by atomic mass is 35.5. The van der Waals surface area contributed by atoms with Gasteiger partial charge in [-0.05, 0) is 35.2 Å². The van der Waals surface area contributed by atoms with Crippen LogP contribution in [0.3, 0.4) is 0 Å². The van der Waals surface area contributed by atoms with Crippen molar-refractivity contribution in [3.05, 3.63) is 38.7 Å². The van der Waals surface area contributed by atoms with Gasteiger partial charge in [0.25, 0.3) is 0 Å². The molecule has 2 aromatic rings. The van der Waals surface area contributed by atoms with Gasteiger partial charge >= 0.3 is 10.7 Å². The van der Waals surface area contributed by atoms with Crippen molar-refractivity contribution in [2.24, 2.45) is 7.05 Å². The molecule has 0 saturated heterocycles. The van der Waals surface area contributed by atoms with Gasteiger partial charge in [0.15, 0.2) is 7.05 Å². The highest BCUT2D eigenvalue weighted by Gasteiger charge is 2.18. The number of hydrogen-bond acceptors (Lipinski definition) is 4. The molecule has 0 fully saturated rings. The molecule has 0 aliphatic heterocycles. The van der Waals surface area contributed by atoms with Crippen LogP contribution in [0.25, 0.3) is 0 Å². The molecule has 112 valence electrons. The first-order valence-electron chi connectivity index (χ1n) is 5.92. The summed E-state index contributed by atoms with van der Waals surface area (Å²) in [7, 11) is 1.65. The molecule has 0 aliphatic carbocycles. The summed E-state index contributed by atoms with van der Waals surface area (Å²) in [5, 5.41) is 6.38. The number of halogens is 2. The molecule has 6 nitrogen and oxygen atoms in total. The molecule has 0 atom stereocenters. The van der Waals surface area contributed by atoms with Crippen molar-refractivity contribution in [3.8, 4) is 0 Å². The lowest BCUT2D eigenvalue weighted by atomic mass is 10.3. The largest absolute Gasteiger partial charge is 0.441 e. The van der Waals surface area contributed by atoms with Crippen LogP contribution in [0.2, 0.25) is 10.0 Å². The molecule has 21 heavy (non-hydrogen) atoms. The molecule has 0 spiro atoms. The average molecular weight is 349 g/mol. The molecule has 1 aromatic carbocycles. The molecular formula is C12H12Cl2N3O3S+. The van der Waals surface area contributed by atoms with Crippen LogP contribution in [0.4, 0.5) is 5.69 Å². The molecular weight excluding hydrogens is 337 g/mol. The topological polar surface area (TPSA) is 79.0 Å². The second-order valence-electron chi connectivity index (χ2n) is 4.12. The fourth-order valence-corrected chi connectivity index (χ4v) is 2.86. The Morgan fingerprint density at radius 2 is 2.24 bits per heavy atom. The van der Waals surface area contributed by atoms with Crippen molar-refractivity contribution >= 4 is 46.6 Å². The van der Waals surface area contributed by atoms with Crippen molar-refractivity contribution in [3.63, 3.8) is 0 Å². The minimum absolute atomic E-state index is 0.200. The third-order valence-electron chi connectivity index (χ3n) is 2.53. The second-order valence-corrected chi connectivity index (χ2v) is 6.04. The summed E-state index contributed by atoms with van der Waals surface area (Å²) >= 11 is 13.0. The summed E-state index contributed by atoms with van der Waals surface area (Å²) in [6, 6.07) is 4.83. The number of aromatic nitrogens is 2. The number of carbonyl (C=O) groups excluding carboxylic acids is 1. The van der Waals surface area contributed by atoms with Gasteiger partial charge in [0.2, 0.25) is 5.91 Å². The minimum atomic E-state index is -0.455. The van der Waals surface area contributed by atoms with Crippen molar-refractivity contribution < 1.29 is 14.0 Å². The predicted molar refractivity (Wildman–Crippen MR) is 80.9 cm³/mol. The van der Waals surface area contributed by atoms with Crippen LogP contribution in [0.15, 0.2) is 32.5 Å². The number of rotatable bonds is 5. The van der Waals surface area contributed by atoms with Crippen LogP contribution in [0.5, 0.6) is 0 Å². The molecule has 9 heteroatoms. The van der Waals surface area contributed by atoms with E-state index in [0.717, 1.165) is 0 Å². The normalized spacial score (nSPS) is 10.6. The van der Waals surface area contributed by atoms with E-state index in [-0.39, 0.29) is 12.3 Å². The number of hydrogen-bond donors (Lipinski definition) is 2. The smallest absolute Gasteiger partial charge is 0.325 e. The van der Waals surface area contributed by atoms with Gasteiger partial charge in [-0.25, -0.2) is 4.79 Å². The Morgan fingerprint density at radius 3 is 2.86 bits per heavy atom. The molecule has 0 bridgehead atoms. The van der Waals surface area contributed by atoms with Gasteiger partial charge in [-0.15, -0.1) is 0 Å². The second kappa shape index (κ2) is 7.02. The summed E-state index contributed by atoms with van der Waals surface area (Å²) < 4.78 is 6.07. The summed E-state index contributed by atoms with van der Waals surface area (Å²) in [4.78, 5) is 23.1. The van der Waals surface area contributed by atoms with Crippen LogP contribution in [-0.4, -0.2) is 16.9 Å². The number of anilines is 1. The number of amides is 1. The lowest BCUT2D eigenvalue weighted by Gasteiger charge is -2.06. The zero-order chi connectivity index (χ0) is 15.4. The summed E-state index contributed by atoms with van der Waals surface area (Å²) in [5.74, 6) is 0.238. The number of benzene rings is 1.